The average molecular weight is 283 g/mol. The maximum absolute atomic E-state index is 4.35. The molecule has 0 bridgehead atoms. The predicted octanol–water partition coefficient (Wildman–Crippen LogP) is 4.23. The van der Waals surface area contributed by atoms with E-state index in [1.165, 1.54) is 32.1 Å². The summed E-state index contributed by atoms with van der Waals surface area (Å²) in [5.74, 6) is 0.989. The molecular formula is C13H19BrN2. The summed E-state index contributed by atoms with van der Waals surface area (Å²) in [5, 5.41) is 3.47. The topological polar surface area (TPSA) is 24.9 Å². The Morgan fingerprint density at radius 3 is 2.69 bits per heavy atom. The minimum Gasteiger partial charge on any atom is -0.370 e. The molecule has 0 saturated heterocycles. The quantitative estimate of drug-likeness (QED) is 0.894. The van der Waals surface area contributed by atoms with E-state index in [0.29, 0.717) is 5.41 Å². The van der Waals surface area contributed by atoms with Gasteiger partial charge in [0.2, 0.25) is 0 Å². The molecule has 16 heavy (non-hydrogen) atoms. The Hall–Kier alpha value is -0.570. The van der Waals surface area contributed by atoms with E-state index >= 15 is 0 Å². The molecule has 1 fully saturated rings. The van der Waals surface area contributed by atoms with Crippen molar-refractivity contribution < 1.29 is 0 Å². The van der Waals surface area contributed by atoms with Crippen LogP contribution in [0.25, 0.3) is 0 Å². The van der Waals surface area contributed by atoms with Gasteiger partial charge in [0.25, 0.3) is 0 Å². The predicted molar refractivity (Wildman–Crippen MR) is 71.6 cm³/mol. The minimum atomic E-state index is 0.523. The number of hydrogen-bond donors (Lipinski definition) is 1. The lowest BCUT2D eigenvalue weighted by Crippen LogP contribution is -2.26. The van der Waals surface area contributed by atoms with Gasteiger partial charge in [-0.1, -0.05) is 19.8 Å². The van der Waals surface area contributed by atoms with E-state index in [-0.39, 0.29) is 0 Å². The SMILES string of the molecule is CCC1(CNc2ccc(Br)cn2)CCCC1. The van der Waals surface area contributed by atoms with Gasteiger partial charge in [-0.3, -0.25) is 0 Å². The standard InChI is InChI=1S/C13H19BrN2/c1-2-13(7-3-4-8-13)10-16-12-6-5-11(14)9-15-12/h5-6,9H,2-4,7-8,10H2,1H3,(H,15,16). The fraction of sp³-hybridized carbons (Fsp3) is 0.615. The largest absolute Gasteiger partial charge is 0.370 e. The first-order chi connectivity index (χ1) is 7.74. The van der Waals surface area contributed by atoms with Gasteiger partial charge in [0.15, 0.2) is 0 Å². The number of halogens is 1. The summed E-state index contributed by atoms with van der Waals surface area (Å²) in [6, 6.07) is 4.06. The van der Waals surface area contributed by atoms with E-state index in [1.807, 2.05) is 18.3 Å². The van der Waals surface area contributed by atoms with Crippen molar-refractivity contribution in [3.8, 4) is 0 Å². The summed E-state index contributed by atoms with van der Waals surface area (Å²) in [6.45, 7) is 3.38. The van der Waals surface area contributed by atoms with Crippen LogP contribution in [0.15, 0.2) is 22.8 Å². The molecule has 1 heterocycles. The first-order valence-corrected chi connectivity index (χ1v) is 6.89. The second-order valence-electron chi connectivity index (χ2n) is 4.78. The second kappa shape index (κ2) is 5.17. The van der Waals surface area contributed by atoms with Crippen molar-refractivity contribution in [1.29, 1.82) is 0 Å². The number of hydrogen-bond acceptors (Lipinski definition) is 2. The van der Waals surface area contributed by atoms with Crippen LogP contribution in [0.4, 0.5) is 5.82 Å². The first-order valence-electron chi connectivity index (χ1n) is 6.10. The minimum absolute atomic E-state index is 0.523. The van der Waals surface area contributed by atoms with Crippen molar-refractivity contribution in [2.45, 2.75) is 39.0 Å². The van der Waals surface area contributed by atoms with E-state index < -0.39 is 0 Å². The Balaban J connectivity index is 1.93. The zero-order valence-corrected chi connectivity index (χ0v) is 11.4. The van der Waals surface area contributed by atoms with Gasteiger partial charge in [0, 0.05) is 17.2 Å². The van der Waals surface area contributed by atoms with E-state index in [9.17, 15) is 0 Å². The van der Waals surface area contributed by atoms with Crippen LogP contribution in [0.3, 0.4) is 0 Å². The van der Waals surface area contributed by atoms with Gasteiger partial charge in [-0.2, -0.15) is 0 Å². The summed E-state index contributed by atoms with van der Waals surface area (Å²) in [6.07, 6.45) is 8.64. The highest BCUT2D eigenvalue weighted by Crippen LogP contribution is 2.40. The van der Waals surface area contributed by atoms with Crippen molar-refractivity contribution in [2.24, 2.45) is 5.41 Å². The fourth-order valence-electron chi connectivity index (χ4n) is 2.54. The Labute approximate surface area is 106 Å². The maximum Gasteiger partial charge on any atom is 0.125 e. The molecule has 2 rings (SSSR count). The molecule has 1 aliphatic rings. The van der Waals surface area contributed by atoms with Crippen LogP contribution in [-0.2, 0) is 0 Å². The highest BCUT2D eigenvalue weighted by atomic mass is 79.9. The van der Waals surface area contributed by atoms with Crippen LogP contribution in [0.1, 0.15) is 39.0 Å². The Morgan fingerprint density at radius 2 is 2.12 bits per heavy atom. The van der Waals surface area contributed by atoms with E-state index in [0.717, 1.165) is 16.8 Å². The summed E-state index contributed by atoms with van der Waals surface area (Å²) < 4.78 is 1.03. The molecule has 0 aromatic carbocycles. The van der Waals surface area contributed by atoms with Gasteiger partial charge in [0.1, 0.15) is 5.82 Å². The van der Waals surface area contributed by atoms with Crippen molar-refractivity contribution in [2.75, 3.05) is 11.9 Å². The number of pyridine rings is 1. The second-order valence-corrected chi connectivity index (χ2v) is 5.69. The first kappa shape index (κ1) is 11.9. The lowest BCUT2D eigenvalue weighted by Gasteiger charge is -2.27. The third kappa shape index (κ3) is 2.76. The monoisotopic (exact) mass is 282 g/mol. The fourth-order valence-corrected chi connectivity index (χ4v) is 2.77. The summed E-state index contributed by atoms with van der Waals surface area (Å²) in [7, 11) is 0. The van der Waals surface area contributed by atoms with E-state index in [1.54, 1.807) is 0 Å². The molecule has 0 amide bonds. The van der Waals surface area contributed by atoms with Crippen molar-refractivity contribution in [1.82, 2.24) is 4.98 Å². The molecule has 0 radical (unpaired) electrons. The Morgan fingerprint density at radius 1 is 1.38 bits per heavy atom. The Kier molecular flexibility index (Phi) is 3.85. The van der Waals surface area contributed by atoms with Crippen LogP contribution in [-0.4, -0.2) is 11.5 Å². The van der Waals surface area contributed by atoms with Crippen molar-refractivity contribution in [3.05, 3.63) is 22.8 Å². The number of nitrogens with zero attached hydrogens (tertiary/aromatic N) is 1. The van der Waals surface area contributed by atoms with Crippen LogP contribution in [0.5, 0.6) is 0 Å². The molecule has 1 aliphatic carbocycles. The normalized spacial score (nSPS) is 18.6. The van der Waals surface area contributed by atoms with Gasteiger partial charge in [-0.05, 0) is 52.7 Å². The van der Waals surface area contributed by atoms with E-state index in [4.69, 9.17) is 0 Å². The summed E-state index contributed by atoms with van der Waals surface area (Å²) in [5.41, 5.74) is 0.523. The number of nitrogens with one attached hydrogen (secondary N) is 1. The lowest BCUT2D eigenvalue weighted by molar-refractivity contribution is 0.306. The lowest BCUT2D eigenvalue weighted by atomic mass is 9.83. The van der Waals surface area contributed by atoms with Crippen LogP contribution >= 0.6 is 15.9 Å². The third-order valence-corrected chi connectivity index (χ3v) is 4.26. The molecule has 0 atom stereocenters. The van der Waals surface area contributed by atoms with Gasteiger partial charge >= 0.3 is 0 Å². The molecule has 1 saturated carbocycles. The molecule has 0 unspecified atom stereocenters. The molecule has 2 nitrogen and oxygen atoms in total. The Bertz CT molecular complexity index is 328. The highest BCUT2D eigenvalue weighted by molar-refractivity contribution is 9.10. The average Bonchev–Trinajstić information content (AvgIpc) is 2.78. The van der Waals surface area contributed by atoms with Crippen LogP contribution < -0.4 is 5.32 Å². The molecule has 1 aromatic rings. The van der Waals surface area contributed by atoms with Crippen LogP contribution in [0, 0.1) is 5.41 Å². The molecule has 0 aliphatic heterocycles. The van der Waals surface area contributed by atoms with Gasteiger partial charge in [-0.15, -0.1) is 0 Å². The maximum atomic E-state index is 4.35. The number of aromatic nitrogens is 1. The summed E-state index contributed by atoms with van der Waals surface area (Å²) >= 11 is 3.40. The molecule has 1 aromatic heterocycles. The van der Waals surface area contributed by atoms with Gasteiger partial charge < -0.3 is 5.32 Å². The molecule has 3 heteroatoms. The number of anilines is 1. The third-order valence-electron chi connectivity index (χ3n) is 3.79. The van der Waals surface area contributed by atoms with Crippen molar-refractivity contribution in [3.63, 3.8) is 0 Å². The molecule has 1 N–H and O–H groups in total. The number of rotatable bonds is 4. The molecule has 0 spiro atoms. The molecular weight excluding hydrogens is 264 g/mol. The highest BCUT2D eigenvalue weighted by Gasteiger charge is 2.31. The van der Waals surface area contributed by atoms with E-state index in [2.05, 4.69) is 33.2 Å². The van der Waals surface area contributed by atoms with Gasteiger partial charge in [0.05, 0.1) is 0 Å². The smallest absolute Gasteiger partial charge is 0.125 e. The zero-order valence-electron chi connectivity index (χ0n) is 9.80. The van der Waals surface area contributed by atoms with Gasteiger partial charge in [-0.25, -0.2) is 4.98 Å². The zero-order chi connectivity index (χ0) is 11.4. The van der Waals surface area contributed by atoms with Crippen molar-refractivity contribution >= 4 is 21.7 Å². The molecule has 88 valence electrons. The van der Waals surface area contributed by atoms with Crippen LogP contribution in [0.2, 0.25) is 0 Å². The summed E-state index contributed by atoms with van der Waals surface area (Å²) in [4.78, 5) is 4.35.